The molecule has 2 aromatic rings. The van der Waals surface area contributed by atoms with Gasteiger partial charge in [-0.05, 0) is 37.8 Å². The Morgan fingerprint density at radius 2 is 2.23 bits per heavy atom. The summed E-state index contributed by atoms with van der Waals surface area (Å²) in [6.07, 6.45) is 1.99. The predicted molar refractivity (Wildman–Crippen MR) is 90.7 cm³/mol. The predicted octanol–water partition coefficient (Wildman–Crippen LogP) is 4.17. The minimum atomic E-state index is -0.345. The monoisotopic (exact) mass is 339 g/mol. The van der Waals surface area contributed by atoms with E-state index in [2.05, 4.69) is 15.6 Å². The van der Waals surface area contributed by atoms with E-state index in [1.807, 2.05) is 37.4 Å². The number of hydrogen-bond donors (Lipinski definition) is 2. The Kier molecular flexibility index (Phi) is 5.74. The van der Waals surface area contributed by atoms with Crippen LogP contribution in [0.2, 0.25) is 5.02 Å². The second-order valence-electron chi connectivity index (χ2n) is 4.77. The molecular weight excluding hydrogens is 322 g/mol. The molecule has 0 saturated heterocycles. The standard InChI is InChI=1S/C15H18ClN3O2S/c1-9-10(2)21-15(18-9)19-14(20)17-8-13(22-3)11-5-4-6-12(16)7-11/h4-7,13H,8H2,1-3H3,(H2,17,18,19,20)/t13-/m1/s1. The van der Waals surface area contributed by atoms with Gasteiger partial charge in [0, 0.05) is 16.8 Å². The van der Waals surface area contributed by atoms with Crippen LogP contribution >= 0.6 is 23.4 Å². The summed E-state index contributed by atoms with van der Waals surface area (Å²) in [5, 5.41) is 6.21. The number of carbonyl (C=O) groups is 1. The maximum absolute atomic E-state index is 11.9. The number of thioether (sulfide) groups is 1. The molecule has 1 aromatic carbocycles. The fourth-order valence-electron chi connectivity index (χ4n) is 1.90. The second kappa shape index (κ2) is 7.56. The molecule has 0 radical (unpaired) electrons. The van der Waals surface area contributed by atoms with E-state index in [1.54, 1.807) is 18.7 Å². The van der Waals surface area contributed by atoms with E-state index in [0.29, 0.717) is 17.3 Å². The van der Waals surface area contributed by atoms with Crippen LogP contribution in [0.3, 0.4) is 0 Å². The minimum absolute atomic E-state index is 0.123. The highest BCUT2D eigenvalue weighted by Crippen LogP contribution is 2.27. The van der Waals surface area contributed by atoms with Crippen LogP contribution in [0.4, 0.5) is 10.8 Å². The van der Waals surface area contributed by atoms with Crippen LogP contribution in [0.5, 0.6) is 0 Å². The van der Waals surface area contributed by atoms with Gasteiger partial charge in [-0.3, -0.25) is 5.32 Å². The van der Waals surface area contributed by atoms with Crippen LogP contribution in [-0.2, 0) is 0 Å². The number of nitrogens with zero attached hydrogens (tertiary/aromatic N) is 1. The van der Waals surface area contributed by atoms with Crippen molar-refractivity contribution in [3.8, 4) is 0 Å². The molecule has 2 rings (SSSR count). The summed E-state index contributed by atoms with van der Waals surface area (Å²) in [7, 11) is 0. The Labute approximate surface area is 138 Å². The average molecular weight is 340 g/mol. The Morgan fingerprint density at radius 1 is 1.45 bits per heavy atom. The Morgan fingerprint density at radius 3 is 2.82 bits per heavy atom. The van der Waals surface area contributed by atoms with Crippen molar-refractivity contribution in [2.75, 3.05) is 18.1 Å². The Hall–Kier alpha value is -1.66. The van der Waals surface area contributed by atoms with Gasteiger partial charge in [0.05, 0.1) is 5.69 Å². The molecule has 0 bridgehead atoms. The van der Waals surface area contributed by atoms with Gasteiger partial charge in [-0.15, -0.1) is 0 Å². The lowest BCUT2D eigenvalue weighted by Crippen LogP contribution is -2.31. The summed E-state index contributed by atoms with van der Waals surface area (Å²) in [6, 6.07) is 7.49. The molecule has 1 aromatic heterocycles. The summed E-state index contributed by atoms with van der Waals surface area (Å²) >= 11 is 7.65. The zero-order valence-electron chi connectivity index (χ0n) is 12.6. The van der Waals surface area contributed by atoms with E-state index in [0.717, 1.165) is 11.3 Å². The SMILES string of the molecule is CS[C@H](CNC(=O)Nc1nc(C)c(C)o1)c1cccc(Cl)c1. The first-order chi connectivity index (χ1) is 10.5. The van der Waals surface area contributed by atoms with E-state index in [1.165, 1.54) is 0 Å². The van der Waals surface area contributed by atoms with Gasteiger partial charge in [-0.2, -0.15) is 16.7 Å². The molecule has 118 valence electrons. The molecule has 7 heteroatoms. The van der Waals surface area contributed by atoms with Crippen molar-refractivity contribution in [1.82, 2.24) is 10.3 Å². The van der Waals surface area contributed by atoms with Crippen molar-refractivity contribution < 1.29 is 9.21 Å². The maximum Gasteiger partial charge on any atom is 0.322 e. The van der Waals surface area contributed by atoms with Gasteiger partial charge in [-0.1, -0.05) is 23.7 Å². The van der Waals surface area contributed by atoms with E-state index < -0.39 is 0 Å². The van der Waals surface area contributed by atoms with Crippen LogP contribution in [0, 0.1) is 13.8 Å². The van der Waals surface area contributed by atoms with Gasteiger partial charge in [0.1, 0.15) is 5.76 Å². The summed E-state index contributed by atoms with van der Waals surface area (Å²) in [6.45, 7) is 4.10. The highest BCUT2D eigenvalue weighted by Gasteiger charge is 2.14. The average Bonchev–Trinajstić information content (AvgIpc) is 2.78. The lowest BCUT2D eigenvalue weighted by molar-refractivity contribution is 0.251. The zero-order chi connectivity index (χ0) is 16.1. The number of benzene rings is 1. The quantitative estimate of drug-likeness (QED) is 0.857. The first-order valence-corrected chi connectivity index (χ1v) is 8.43. The number of amides is 2. The molecule has 0 fully saturated rings. The summed E-state index contributed by atoms with van der Waals surface area (Å²) in [5.74, 6) is 0.691. The molecule has 1 heterocycles. The smallest absolute Gasteiger partial charge is 0.322 e. The van der Waals surface area contributed by atoms with Crippen molar-refractivity contribution in [1.29, 1.82) is 0 Å². The van der Waals surface area contributed by atoms with Gasteiger partial charge >= 0.3 is 12.0 Å². The summed E-state index contributed by atoms with van der Waals surface area (Å²) in [5.41, 5.74) is 1.83. The van der Waals surface area contributed by atoms with Gasteiger partial charge < -0.3 is 9.73 Å². The number of oxazole rings is 1. The van der Waals surface area contributed by atoms with Crippen molar-refractivity contribution in [2.24, 2.45) is 0 Å². The summed E-state index contributed by atoms with van der Waals surface area (Å²) in [4.78, 5) is 16.0. The third kappa shape index (κ3) is 4.42. The van der Waals surface area contributed by atoms with E-state index in [-0.39, 0.29) is 17.3 Å². The number of nitrogens with one attached hydrogen (secondary N) is 2. The molecule has 2 N–H and O–H groups in total. The Balaban J connectivity index is 1.91. The lowest BCUT2D eigenvalue weighted by atomic mass is 10.1. The number of rotatable bonds is 5. The van der Waals surface area contributed by atoms with Crippen LogP contribution < -0.4 is 10.6 Å². The third-order valence-corrected chi connectivity index (χ3v) is 4.44. The summed E-state index contributed by atoms with van der Waals surface area (Å²) < 4.78 is 5.31. The number of aromatic nitrogens is 1. The molecular formula is C15H18ClN3O2S. The minimum Gasteiger partial charge on any atom is -0.428 e. The maximum atomic E-state index is 11.9. The number of aryl methyl sites for hydroxylation is 2. The lowest BCUT2D eigenvalue weighted by Gasteiger charge is -2.16. The first kappa shape index (κ1) is 16.7. The topological polar surface area (TPSA) is 67.2 Å². The van der Waals surface area contributed by atoms with Crippen molar-refractivity contribution in [3.05, 3.63) is 46.3 Å². The van der Waals surface area contributed by atoms with Crippen LogP contribution in [-0.4, -0.2) is 23.8 Å². The third-order valence-electron chi connectivity index (χ3n) is 3.20. The van der Waals surface area contributed by atoms with E-state index >= 15 is 0 Å². The largest absolute Gasteiger partial charge is 0.428 e. The first-order valence-electron chi connectivity index (χ1n) is 6.76. The molecule has 0 aliphatic rings. The van der Waals surface area contributed by atoms with E-state index in [4.69, 9.17) is 16.0 Å². The van der Waals surface area contributed by atoms with Crippen molar-refractivity contribution in [2.45, 2.75) is 19.1 Å². The van der Waals surface area contributed by atoms with Gasteiger partial charge in [0.2, 0.25) is 0 Å². The molecule has 0 saturated carbocycles. The fourth-order valence-corrected chi connectivity index (χ4v) is 2.76. The van der Waals surface area contributed by atoms with Crippen LogP contribution in [0.1, 0.15) is 22.3 Å². The second-order valence-corrected chi connectivity index (χ2v) is 6.25. The fraction of sp³-hybridized carbons (Fsp3) is 0.333. The molecule has 0 aliphatic heterocycles. The van der Waals surface area contributed by atoms with Crippen LogP contribution in [0.25, 0.3) is 0 Å². The number of anilines is 1. The van der Waals surface area contributed by atoms with Gasteiger partial charge in [-0.25, -0.2) is 4.79 Å². The number of halogens is 1. The zero-order valence-corrected chi connectivity index (χ0v) is 14.2. The Bertz CT molecular complexity index is 640. The highest BCUT2D eigenvalue weighted by molar-refractivity contribution is 7.98. The molecule has 2 amide bonds. The molecule has 1 atom stereocenters. The molecule has 22 heavy (non-hydrogen) atoms. The van der Waals surface area contributed by atoms with E-state index in [9.17, 15) is 4.79 Å². The van der Waals surface area contributed by atoms with Crippen molar-refractivity contribution in [3.63, 3.8) is 0 Å². The number of hydrogen-bond acceptors (Lipinski definition) is 4. The van der Waals surface area contributed by atoms with Gasteiger partial charge in [0.25, 0.3) is 0 Å². The number of carbonyl (C=O) groups excluding carboxylic acids is 1. The van der Waals surface area contributed by atoms with Crippen LogP contribution in [0.15, 0.2) is 28.7 Å². The highest BCUT2D eigenvalue weighted by atomic mass is 35.5. The van der Waals surface area contributed by atoms with Gasteiger partial charge in [0.15, 0.2) is 0 Å². The molecule has 0 aliphatic carbocycles. The molecule has 0 spiro atoms. The molecule has 0 unspecified atom stereocenters. The van der Waals surface area contributed by atoms with Crippen molar-refractivity contribution >= 4 is 35.4 Å². The normalized spacial score (nSPS) is 12.0. The number of urea groups is 1. The molecule has 5 nitrogen and oxygen atoms in total.